The molecule has 2 heterocycles. The van der Waals surface area contributed by atoms with Crippen LogP contribution in [-0.4, -0.2) is 16.2 Å². The minimum atomic E-state index is -0.502. The number of rotatable bonds is 6. The molecule has 1 aromatic heterocycles. The average molecular weight is 499 g/mol. The van der Waals surface area contributed by atoms with Crippen LogP contribution in [-0.2, 0) is 12.8 Å². The van der Waals surface area contributed by atoms with Gasteiger partial charge in [-0.1, -0.05) is 79.1 Å². The summed E-state index contributed by atoms with van der Waals surface area (Å²) in [5.74, 6) is 0.845. The van der Waals surface area contributed by atoms with Crippen molar-refractivity contribution in [3.63, 3.8) is 0 Å². The van der Waals surface area contributed by atoms with E-state index in [1.54, 1.807) is 11.0 Å². The number of aromatic nitrogens is 2. The van der Waals surface area contributed by atoms with Crippen molar-refractivity contribution in [3.05, 3.63) is 106 Å². The molecule has 36 heavy (non-hydrogen) atoms. The predicted molar refractivity (Wildman–Crippen MR) is 143 cm³/mol. The van der Waals surface area contributed by atoms with Crippen LogP contribution in [0.25, 0.3) is 17.0 Å². The molecule has 0 radical (unpaired) electrons. The molecule has 1 atom stereocenters. The van der Waals surface area contributed by atoms with Gasteiger partial charge in [-0.2, -0.15) is 4.98 Å². The molecule has 0 aliphatic carbocycles. The quantitative estimate of drug-likeness (QED) is 0.304. The lowest BCUT2D eigenvalue weighted by Gasteiger charge is -2.35. The topological polar surface area (TPSA) is 71.3 Å². The summed E-state index contributed by atoms with van der Waals surface area (Å²) in [4.78, 5) is 19.8. The van der Waals surface area contributed by atoms with Gasteiger partial charge in [-0.05, 0) is 60.7 Å². The molecule has 1 aliphatic rings. The summed E-state index contributed by atoms with van der Waals surface area (Å²) in [5.41, 5.74) is 6.30. The molecule has 0 fully saturated rings. The van der Waals surface area contributed by atoms with E-state index in [4.69, 9.17) is 21.1 Å². The number of aryl methyl sites for hydroxylation is 2. The van der Waals surface area contributed by atoms with Gasteiger partial charge in [0.25, 0.3) is 5.89 Å². The van der Waals surface area contributed by atoms with E-state index in [1.807, 2.05) is 61.5 Å². The lowest BCUT2D eigenvalue weighted by molar-refractivity contribution is 0.244. The van der Waals surface area contributed by atoms with Crippen LogP contribution in [0.1, 0.15) is 49.4 Å². The molecule has 3 aromatic carbocycles. The van der Waals surface area contributed by atoms with Crippen molar-refractivity contribution in [2.75, 3.05) is 4.90 Å². The fourth-order valence-corrected chi connectivity index (χ4v) is 4.72. The molecule has 1 unspecified atom stereocenters. The monoisotopic (exact) mass is 498 g/mol. The highest BCUT2D eigenvalue weighted by Crippen LogP contribution is 2.39. The first-order valence-electron chi connectivity index (χ1n) is 12.1. The average Bonchev–Trinajstić information content (AvgIpc) is 3.38. The summed E-state index contributed by atoms with van der Waals surface area (Å²) in [6, 6.07) is 22.8. The molecule has 0 saturated heterocycles. The van der Waals surface area contributed by atoms with E-state index in [0.717, 1.165) is 40.8 Å². The van der Waals surface area contributed by atoms with Crippen molar-refractivity contribution in [1.82, 2.24) is 15.5 Å². The SMILES string of the molecule is CCc1ccc(-c2noc(C3=C(C)N(c4cccc(CC)c4)C(=O)NC3c3cccc(Cl)c3)n2)cc1. The maximum Gasteiger partial charge on any atom is 0.326 e. The van der Waals surface area contributed by atoms with Gasteiger partial charge in [0.2, 0.25) is 5.82 Å². The van der Waals surface area contributed by atoms with Crippen LogP contribution in [0.15, 0.2) is 83.0 Å². The van der Waals surface area contributed by atoms with Gasteiger partial charge in [0.1, 0.15) is 0 Å². The molecule has 1 aliphatic heterocycles. The van der Waals surface area contributed by atoms with Crippen molar-refractivity contribution < 1.29 is 9.32 Å². The Bertz CT molecular complexity index is 1440. The third-order valence-corrected chi connectivity index (χ3v) is 6.76. The Morgan fingerprint density at radius 2 is 1.72 bits per heavy atom. The smallest absolute Gasteiger partial charge is 0.326 e. The van der Waals surface area contributed by atoms with Gasteiger partial charge < -0.3 is 9.84 Å². The first-order valence-corrected chi connectivity index (χ1v) is 12.5. The Hall–Kier alpha value is -3.90. The number of nitrogens with zero attached hydrogens (tertiary/aromatic N) is 3. The van der Waals surface area contributed by atoms with Crippen LogP contribution in [0.4, 0.5) is 10.5 Å². The van der Waals surface area contributed by atoms with Crippen molar-refractivity contribution in [2.24, 2.45) is 0 Å². The summed E-state index contributed by atoms with van der Waals surface area (Å²) in [7, 11) is 0. The molecular weight excluding hydrogens is 472 g/mol. The minimum absolute atomic E-state index is 0.232. The first kappa shape index (κ1) is 23.8. The predicted octanol–water partition coefficient (Wildman–Crippen LogP) is 7.22. The highest BCUT2D eigenvalue weighted by Gasteiger charge is 2.36. The van der Waals surface area contributed by atoms with Crippen LogP contribution < -0.4 is 10.2 Å². The molecule has 182 valence electrons. The van der Waals surface area contributed by atoms with E-state index in [9.17, 15) is 4.79 Å². The molecule has 5 rings (SSSR count). The second kappa shape index (κ2) is 9.99. The number of hydrogen-bond acceptors (Lipinski definition) is 4. The Morgan fingerprint density at radius 3 is 2.44 bits per heavy atom. The van der Waals surface area contributed by atoms with Crippen molar-refractivity contribution in [1.29, 1.82) is 0 Å². The Balaban J connectivity index is 1.64. The molecule has 0 spiro atoms. The van der Waals surface area contributed by atoms with E-state index in [2.05, 4.69) is 36.5 Å². The van der Waals surface area contributed by atoms with E-state index in [1.165, 1.54) is 5.56 Å². The van der Waals surface area contributed by atoms with Gasteiger partial charge >= 0.3 is 6.03 Å². The summed E-state index contributed by atoms with van der Waals surface area (Å²) in [6.07, 6.45) is 1.83. The highest BCUT2D eigenvalue weighted by molar-refractivity contribution is 6.30. The molecule has 6 nitrogen and oxygen atoms in total. The van der Waals surface area contributed by atoms with Gasteiger partial charge in [0.05, 0.1) is 17.3 Å². The number of amides is 2. The normalized spacial score (nSPS) is 15.8. The zero-order valence-electron chi connectivity index (χ0n) is 20.5. The molecular formula is C29H27ClN4O2. The second-order valence-electron chi connectivity index (χ2n) is 8.77. The van der Waals surface area contributed by atoms with E-state index < -0.39 is 6.04 Å². The lowest BCUT2D eigenvalue weighted by atomic mass is 9.94. The highest BCUT2D eigenvalue weighted by atomic mass is 35.5. The molecule has 0 bridgehead atoms. The van der Waals surface area contributed by atoms with Gasteiger partial charge in [-0.3, -0.25) is 4.90 Å². The van der Waals surface area contributed by atoms with E-state index >= 15 is 0 Å². The zero-order valence-corrected chi connectivity index (χ0v) is 21.2. The van der Waals surface area contributed by atoms with Gasteiger partial charge in [-0.15, -0.1) is 0 Å². The lowest BCUT2D eigenvalue weighted by Crippen LogP contribution is -2.46. The van der Waals surface area contributed by atoms with Crippen molar-refractivity contribution in [3.8, 4) is 11.4 Å². The summed E-state index contributed by atoms with van der Waals surface area (Å²) in [6.45, 7) is 6.11. The van der Waals surface area contributed by atoms with Crippen LogP contribution in [0.2, 0.25) is 5.02 Å². The van der Waals surface area contributed by atoms with E-state index in [0.29, 0.717) is 22.4 Å². The maximum absolute atomic E-state index is 13.4. The second-order valence-corrected chi connectivity index (χ2v) is 9.21. The molecule has 0 saturated carbocycles. The third kappa shape index (κ3) is 4.52. The van der Waals surface area contributed by atoms with Crippen LogP contribution >= 0.6 is 11.6 Å². The largest absolute Gasteiger partial charge is 0.334 e. The minimum Gasteiger partial charge on any atom is -0.334 e. The van der Waals surface area contributed by atoms with Crippen LogP contribution in [0.3, 0.4) is 0 Å². The van der Waals surface area contributed by atoms with E-state index in [-0.39, 0.29) is 6.03 Å². The van der Waals surface area contributed by atoms with Gasteiger partial charge in [-0.25, -0.2) is 4.79 Å². The standard InChI is InChI=1S/C29H27ClN4O2/c1-4-19-12-14-21(15-13-19)27-32-28(36-33-27)25-18(3)34(24-11-6-8-20(5-2)16-24)29(35)31-26(25)22-9-7-10-23(30)17-22/h6-17,26H,4-5H2,1-3H3,(H,31,35). The number of anilines is 1. The van der Waals surface area contributed by atoms with Gasteiger partial charge in [0.15, 0.2) is 0 Å². The number of nitrogens with one attached hydrogen (secondary N) is 1. The summed E-state index contributed by atoms with van der Waals surface area (Å²) >= 11 is 6.31. The van der Waals surface area contributed by atoms with Crippen LogP contribution in [0.5, 0.6) is 0 Å². The number of hydrogen-bond donors (Lipinski definition) is 1. The number of halogens is 1. The van der Waals surface area contributed by atoms with Crippen molar-refractivity contribution >= 4 is 28.9 Å². The Labute approximate surface area is 215 Å². The fourth-order valence-electron chi connectivity index (χ4n) is 4.52. The van der Waals surface area contributed by atoms with Crippen molar-refractivity contribution in [2.45, 2.75) is 39.7 Å². The summed E-state index contributed by atoms with van der Waals surface area (Å²) < 4.78 is 5.80. The third-order valence-electron chi connectivity index (χ3n) is 6.52. The Kier molecular flexibility index (Phi) is 6.61. The fraction of sp³-hybridized carbons (Fsp3) is 0.207. The first-order chi connectivity index (χ1) is 17.5. The summed E-state index contributed by atoms with van der Waals surface area (Å²) in [5, 5.41) is 7.98. The number of allylic oxidation sites excluding steroid dienone is 1. The molecule has 1 N–H and O–H groups in total. The molecule has 4 aromatic rings. The Morgan fingerprint density at radius 1 is 0.972 bits per heavy atom. The molecule has 2 amide bonds. The zero-order chi connectivity index (χ0) is 25.2. The van der Waals surface area contributed by atoms with Crippen LogP contribution in [0, 0.1) is 0 Å². The maximum atomic E-state index is 13.4. The number of carbonyl (C=O) groups excluding carboxylic acids is 1. The van der Waals surface area contributed by atoms with Gasteiger partial charge in [0, 0.05) is 16.3 Å². The molecule has 7 heteroatoms. The number of benzene rings is 3. The number of urea groups is 1. The number of carbonyl (C=O) groups is 1.